The van der Waals surface area contributed by atoms with Gasteiger partial charge in [-0.2, -0.15) is 4.39 Å². The number of rotatable bonds is 4. The van der Waals surface area contributed by atoms with Crippen LogP contribution in [0.4, 0.5) is 10.1 Å². The molecule has 0 amide bonds. The molecule has 2 N–H and O–H groups in total. The van der Waals surface area contributed by atoms with Gasteiger partial charge in [0.15, 0.2) is 0 Å². The maximum absolute atomic E-state index is 12.6. The van der Waals surface area contributed by atoms with E-state index in [2.05, 4.69) is 22.5 Å². The first-order chi connectivity index (χ1) is 8.24. The van der Waals surface area contributed by atoms with E-state index in [1.54, 1.807) is 6.07 Å². The van der Waals surface area contributed by atoms with Gasteiger partial charge in [-0.15, -0.1) is 0 Å². The molecule has 17 heavy (non-hydrogen) atoms. The normalized spacial score (nSPS) is 22.1. The molecule has 0 aromatic carbocycles. The second-order valence-electron chi connectivity index (χ2n) is 4.38. The lowest BCUT2D eigenvalue weighted by molar-refractivity contribution is 0.0731. The molecular weight excluding hydrogens is 221 g/mol. The molecule has 0 radical (unpaired) electrons. The number of anilines is 1. The number of nitrogens with one attached hydrogen (secondary N) is 2. The van der Waals surface area contributed by atoms with Crippen molar-refractivity contribution >= 4 is 5.69 Å². The van der Waals surface area contributed by atoms with Crippen molar-refractivity contribution in [1.29, 1.82) is 0 Å². The van der Waals surface area contributed by atoms with Crippen LogP contribution in [0.2, 0.25) is 0 Å². The number of hydrogen-bond donors (Lipinski definition) is 2. The molecule has 2 heterocycles. The maximum atomic E-state index is 12.6. The topological polar surface area (TPSA) is 46.2 Å². The first kappa shape index (κ1) is 12.3. The Bertz CT molecular complexity index is 338. The Balaban J connectivity index is 1.79. The minimum absolute atomic E-state index is 0.293. The molecule has 1 aliphatic heterocycles. The summed E-state index contributed by atoms with van der Waals surface area (Å²) in [5.74, 6) is -0.453. The van der Waals surface area contributed by atoms with Gasteiger partial charge in [-0.05, 0) is 25.5 Å². The van der Waals surface area contributed by atoms with Crippen LogP contribution in [0.25, 0.3) is 0 Å². The van der Waals surface area contributed by atoms with Crippen LogP contribution < -0.4 is 10.6 Å². The summed E-state index contributed by atoms with van der Waals surface area (Å²) < 4.78 is 18.0. The van der Waals surface area contributed by atoms with Crippen LogP contribution in [-0.2, 0) is 4.74 Å². The van der Waals surface area contributed by atoms with Gasteiger partial charge in [0.1, 0.15) is 0 Å². The molecule has 0 saturated carbocycles. The lowest BCUT2D eigenvalue weighted by atomic mass is 10.1. The standard InChI is InChI=1S/C12H18FN3O/c1-9(6-11-8-17-5-4-14-11)16-10-2-3-12(13)15-7-10/h2-3,7,9,11,14,16H,4-6,8H2,1H3. The van der Waals surface area contributed by atoms with Crippen LogP contribution in [0.1, 0.15) is 13.3 Å². The smallest absolute Gasteiger partial charge is 0.212 e. The van der Waals surface area contributed by atoms with Crippen molar-refractivity contribution in [3.05, 3.63) is 24.3 Å². The molecule has 2 unspecified atom stereocenters. The third-order valence-electron chi connectivity index (χ3n) is 2.78. The predicted molar refractivity (Wildman–Crippen MR) is 64.5 cm³/mol. The van der Waals surface area contributed by atoms with Gasteiger partial charge in [-0.1, -0.05) is 0 Å². The van der Waals surface area contributed by atoms with Crippen molar-refractivity contribution in [3.63, 3.8) is 0 Å². The number of morpholine rings is 1. The van der Waals surface area contributed by atoms with Gasteiger partial charge in [0.2, 0.25) is 5.95 Å². The van der Waals surface area contributed by atoms with Gasteiger partial charge in [-0.3, -0.25) is 0 Å². The number of pyridine rings is 1. The van der Waals surface area contributed by atoms with Gasteiger partial charge >= 0.3 is 0 Å². The highest BCUT2D eigenvalue weighted by atomic mass is 19.1. The van der Waals surface area contributed by atoms with Gasteiger partial charge < -0.3 is 15.4 Å². The van der Waals surface area contributed by atoms with Crippen molar-refractivity contribution < 1.29 is 9.13 Å². The highest BCUT2D eigenvalue weighted by Gasteiger charge is 2.16. The van der Waals surface area contributed by atoms with Crippen molar-refractivity contribution in [2.75, 3.05) is 25.1 Å². The van der Waals surface area contributed by atoms with Crippen LogP contribution in [0.5, 0.6) is 0 Å². The summed E-state index contributed by atoms with van der Waals surface area (Å²) in [6.07, 6.45) is 2.48. The second-order valence-corrected chi connectivity index (χ2v) is 4.38. The lowest BCUT2D eigenvalue weighted by Crippen LogP contribution is -2.43. The number of aromatic nitrogens is 1. The Morgan fingerprint density at radius 1 is 1.65 bits per heavy atom. The van der Waals surface area contributed by atoms with E-state index in [1.165, 1.54) is 12.3 Å². The molecule has 1 aromatic heterocycles. The third kappa shape index (κ3) is 3.94. The summed E-state index contributed by atoms with van der Waals surface area (Å²) in [6, 6.07) is 3.74. The largest absolute Gasteiger partial charge is 0.381 e. The molecule has 1 aliphatic rings. The second kappa shape index (κ2) is 5.93. The van der Waals surface area contributed by atoms with Crippen LogP contribution in [0.3, 0.4) is 0 Å². The lowest BCUT2D eigenvalue weighted by Gasteiger charge is -2.27. The Labute approximate surface area is 101 Å². The number of ether oxygens (including phenoxy) is 1. The van der Waals surface area contributed by atoms with Crippen molar-refractivity contribution in [2.24, 2.45) is 0 Å². The van der Waals surface area contributed by atoms with E-state index >= 15 is 0 Å². The fraction of sp³-hybridized carbons (Fsp3) is 0.583. The summed E-state index contributed by atoms with van der Waals surface area (Å²) in [5.41, 5.74) is 0.843. The van der Waals surface area contributed by atoms with Crippen molar-refractivity contribution in [3.8, 4) is 0 Å². The first-order valence-electron chi connectivity index (χ1n) is 5.93. The van der Waals surface area contributed by atoms with E-state index in [0.717, 1.165) is 31.9 Å². The zero-order valence-corrected chi connectivity index (χ0v) is 9.95. The first-order valence-corrected chi connectivity index (χ1v) is 5.93. The molecule has 5 heteroatoms. The summed E-state index contributed by atoms with van der Waals surface area (Å²) in [5, 5.41) is 6.70. The summed E-state index contributed by atoms with van der Waals surface area (Å²) in [7, 11) is 0. The van der Waals surface area contributed by atoms with Gasteiger partial charge in [0.05, 0.1) is 25.1 Å². The minimum atomic E-state index is -0.453. The predicted octanol–water partition coefficient (Wildman–Crippen LogP) is 1.40. The molecule has 1 aromatic rings. The third-order valence-corrected chi connectivity index (χ3v) is 2.78. The highest BCUT2D eigenvalue weighted by molar-refractivity contribution is 5.40. The summed E-state index contributed by atoms with van der Waals surface area (Å²) in [4.78, 5) is 3.61. The molecule has 1 fully saturated rings. The molecule has 2 rings (SSSR count). The average Bonchev–Trinajstić information content (AvgIpc) is 2.33. The Hall–Kier alpha value is -1.20. The van der Waals surface area contributed by atoms with Gasteiger partial charge in [-0.25, -0.2) is 4.98 Å². The van der Waals surface area contributed by atoms with Crippen LogP contribution >= 0.6 is 0 Å². The molecular formula is C12H18FN3O. The van der Waals surface area contributed by atoms with Crippen LogP contribution in [0.15, 0.2) is 18.3 Å². The van der Waals surface area contributed by atoms with Gasteiger partial charge in [0, 0.05) is 18.6 Å². The van der Waals surface area contributed by atoms with E-state index in [0.29, 0.717) is 12.1 Å². The summed E-state index contributed by atoms with van der Waals surface area (Å²) >= 11 is 0. The molecule has 2 atom stereocenters. The monoisotopic (exact) mass is 239 g/mol. The van der Waals surface area contributed by atoms with Crippen molar-refractivity contribution in [1.82, 2.24) is 10.3 Å². The van der Waals surface area contributed by atoms with Gasteiger partial charge in [0.25, 0.3) is 0 Å². The van der Waals surface area contributed by atoms with E-state index in [9.17, 15) is 4.39 Å². The maximum Gasteiger partial charge on any atom is 0.212 e. The zero-order valence-electron chi connectivity index (χ0n) is 9.95. The Morgan fingerprint density at radius 3 is 3.18 bits per heavy atom. The summed E-state index contributed by atoms with van der Waals surface area (Å²) in [6.45, 7) is 4.56. The van der Waals surface area contributed by atoms with E-state index < -0.39 is 5.95 Å². The minimum Gasteiger partial charge on any atom is -0.381 e. The SMILES string of the molecule is CC(CC1COCCN1)Nc1ccc(F)nc1. The molecule has 1 saturated heterocycles. The quantitative estimate of drug-likeness (QED) is 0.780. The molecule has 0 bridgehead atoms. The average molecular weight is 239 g/mol. The van der Waals surface area contributed by atoms with E-state index in [1.807, 2.05) is 0 Å². The van der Waals surface area contributed by atoms with E-state index in [-0.39, 0.29) is 0 Å². The van der Waals surface area contributed by atoms with Crippen molar-refractivity contribution in [2.45, 2.75) is 25.4 Å². The molecule has 4 nitrogen and oxygen atoms in total. The highest BCUT2D eigenvalue weighted by Crippen LogP contribution is 2.10. The molecule has 0 aliphatic carbocycles. The fourth-order valence-electron chi connectivity index (χ4n) is 2.00. The fourth-order valence-corrected chi connectivity index (χ4v) is 2.00. The zero-order chi connectivity index (χ0) is 12.1. The van der Waals surface area contributed by atoms with E-state index in [4.69, 9.17) is 4.74 Å². The Kier molecular flexibility index (Phi) is 4.28. The Morgan fingerprint density at radius 2 is 2.53 bits per heavy atom. The number of nitrogens with zero attached hydrogens (tertiary/aromatic N) is 1. The number of hydrogen-bond acceptors (Lipinski definition) is 4. The van der Waals surface area contributed by atoms with Crippen LogP contribution in [-0.4, -0.2) is 36.8 Å². The number of halogens is 1. The van der Waals surface area contributed by atoms with Crippen LogP contribution in [0, 0.1) is 5.95 Å². The molecule has 94 valence electrons. The molecule has 0 spiro atoms.